The quantitative estimate of drug-likeness (QED) is 0.794. The normalized spacial score (nSPS) is 28.6. The van der Waals surface area contributed by atoms with Crippen molar-refractivity contribution < 1.29 is 14.6 Å². The van der Waals surface area contributed by atoms with Crippen molar-refractivity contribution >= 4 is 6.03 Å². The van der Waals surface area contributed by atoms with Crippen molar-refractivity contribution in [1.29, 1.82) is 0 Å². The summed E-state index contributed by atoms with van der Waals surface area (Å²) in [5, 5.41) is 15.3. The average molecular weight is 304 g/mol. The molecule has 2 aliphatic rings. The third-order valence-electron chi connectivity index (χ3n) is 5.12. The van der Waals surface area contributed by atoms with E-state index in [0.29, 0.717) is 12.5 Å². The van der Waals surface area contributed by atoms with Gasteiger partial charge in [-0.25, -0.2) is 4.79 Å². The average Bonchev–Trinajstić information content (AvgIpc) is 2.98. The van der Waals surface area contributed by atoms with Gasteiger partial charge in [-0.1, -0.05) is 38.1 Å². The van der Waals surface area contributed by atoms with Crippen LogP contribution in [0.25, 0.3) is 0 Å². The van der Waals surface area contributed by atoms with E-state index in [0.717, 1.165) is 24.2 Å². The topological polar surface area (TPSA) is 70.6 Å². The highest BCUT2D eigenvalue weighted by Gasteiger charge is 2.59. The molecule has 3 unspecified atom stereocenters. The number of hydrogen-bond donors (Lipinski definition) is 3. The molecule has 0 spiro atoms. The molecule has 5 nitrogen and oxygen atoms in total. The van der Waals surface area contributed by atoms with Gasteiger partial charge in [-0.2, -0.15) is 0 Å². The van der Waals surface area contributed by atoms with Crippen LogP contribution in [0.2, 0.25) is 0 Å². The summed E-state index contributed by atoms with van der Waals surface area (Å²) < 4.78 is 5.74. The molecule has 3 atom stereocenters. The number of hydrogen-bond acceptors (Lipinski definition) is 3. The second-order valence-corrected chi connectivity index (χ2v) is 6.80. The van der Waals surface area contributed by atoms with Gasteiger partial charge in [-0.3, -0.25) is 0 Å². The summed E-state index contributed by atoms with van der Waals surface area (Å²) in [5.74, 6) is 0.436. The lowest BCUT2D eigenvalue weighted by Gasteiger charge is -2.54. The predicted molar refractivity (Wildman–Crippen MR) is 83.2 cm³/mol. The zero-order valence-electron chi connectivity index (χ0n) is 13.1. The number of carbonyl (C=O) groups is 1. The van der Waals surface area contributed by atoms with Gasteiger partial charge in [-0.15, -0.1) is 0 Å². The highest BCUT2D eigenvalue weighted by Crippen LogP contribution is 2.52. The Labute approximate surface area is 131 Å². The van der Waals surface area contributed by atoms with Gasteiger partial charge in [0, 0.05) is 30.5 Å². The number of carbonyl (C=O) groups excluding carboxylic acids is 1. The third-order valence-corrected chi connectivity index (χ3v) is 5.12. The Balaban J connectivity index is 1.55. The van der Waals surface area contributed by atoms with Crippen LogP contribution in [0.3, 0.4) is 0 Å². The van der Waals surface area contributed by atoms with E-state index in [1.165, 1.54) is 0 Å². The van der Waals surface area contributed by atoms with Crippen molar-refractivity contribution in [2.45, 2.75) is 45.6 Å². The van der Waals surface area contributed by atoms with Crippen LogP contribution in [0.15, 0.2) is 24.3 Å². The van der Waals surface area contributed by atoms with Gasteiger partial charge >= 0.3 is 6.03 Å². The number of fused-ring (bicyclic) bond motifs is 1. The summed E-state index contributed by atoms with van der Waals surface area (Å²) in [7, 11) is 0. The molecule has 1 aromatic carbocycles. The molecule has 22 heavy (non-hydrogen) atoms. The number of ether oxygens (including phenoxy) is 1. The molecule has 2 fully saturated rings. The minimum Gasteiger partial charge on any atom is -0.392 e. The smallest absolute Gasteiger partial charge is 0.315 e. The fourth-order valence-corrected chi connectivity index (χ4v) is 3.87. The lowest BCUT2D eigenvalue weighted by molar-refractivity contribution is -0.108. The number of amides is 2. The highest BCUT2D eigenvalue weighted by atomic mass is 16.5. The van der Waals surface area contributed by atoms with Crippen molar-refractivity contribution in [1.82, 2.24) is 10.6 Å². The van der Waals surface area contributed by atoms with Crippen LogP contribution in [0.1, 0.15) is 31.4 Å². The second kappa shape index (κ2) is 5.89. The first-order valence-corrected chi connectivity index (χ1v) is 7.87. The van der Waals surface area contributed by atoms with Gasteiger partial charge in [0.15, 0.2) is 0 Å². The third kappa shape index (κ3) is 2.59. The van der Waals surface area contributed by atoms with E-state index >= 15 is 0 Å². The van der Waals surface area contributed by atoms with E-state index in [-0.39, 0.29) is 30.2 Å². The van der Waals surface area contributed by atoms with Crippen molar-refractivity contribution in [2.75, 3.05) is 6.61 Å². The minimum absolute atomic E-state index is 0.0124. The molecule has 1 heterocycles. The molecular formula is C17H24N2O3. The van der Waals surface area contributed by atoms with Crippen LogP contribution in [0.5, 0.6) is 0 Å². The van der Waals surface area contributed by atoms with Gasteiger partial charge in [-0.05, 0) is 17.5 Å². The first kappa shape index (κ1) is 15.3. The molecule has 2 amide bonds. The predicted octanol–water partition coefficient (Wildman–Crippen LogP) is 1.79. The molecule has 1 saturated carbocycles. The number of benzene rings is 1. The second-order valence-electron chi connectivity index (χ2n) is 6.80. The maximum atomic E-state index is 12.2. The first-order chi connectivity index (χ1) is 10.5. The molecule has 120 valence electrons. The van der Waals surface area contributed by atoms with Gasteiger partial charge < -0.3 is 20.5 Å². The van der Waals surface area contributed by atoms with E-state index in [2.05, 4.69) is 24.5 Å². The van der Waals surface area contributed by atoms with Crippen LogP contribution in [-0.4, -0.2) is 29.9 Å². The van der Waals surface area contributed by atoms with Crippen LogP contribution < -0.4 is 10.6 Å². The fraction of sp³-hybridized carbons (Fsp3) is 0.588. The lowest BCUT2D eigenvalue weighted by Crippen LogP contribution is -2.67. The van der Waals surface area contributed by atoms with Gasteiger partial charge in [0.1, 0.15) is 0 Å². The lowest BCUT2D eigenvalue weighted by atomic mass is 9.57. The Hall–Kier alpha value is -1.59. The Kier molecular flexibility index (Phi) is 4.10. The van der Waals surface area contributed by atoms with Crippen LogP contribution in [-0.2, 0) is 17.9 Å². The summed E-state index contributed by atoms with van der Waals surface area (Å²) in [6, 6.07) is 7.57. The number of aliphatic hydroxyl groups is 1. The van der Waals surface area contributed by atoms with Crippen molar-refractivity contribution in [3.8, 4) is 0 Å². The molecule has 1 aromatic rings. The molecule has 3 rings (SSSR count). The fourth-order valence-electron chi connectivity index (χ4n) is 3.87. The zero-order valence-corrected chi connectivity index (χ0v) is 13.1. The van der Waals surface area contributed by atoms with Crippen LogP contribution in [0.4, 0.5) is 4.79 Å². The minimum atomic E-state index is -0.156. The van der Waals surface area contributed by atoms with E-state index < -0.39 is 0 Å². The molecule has 0 aromatic heterocycles. The standard InChI is InChI=1S/C17H24N2O3/c1-17(2)14(13-7-8-22-15(13)17)19-16(21)18-9-11-5-3-4-6-12(11)10-20/h3-6,13-15,20H,7-10H2,1-2H3,(H2,18,19,21). The monoisotopic (exact) mass is 304 g/mol. The summed E-state index contributed by atoms with van der Waals surface area (Å²) in [6.45, 7) is 5.48. The molecule has 1 saturated heterocycles. The maximum Gasteiger partial charge on any atom is 0.315 e. The number of urea groups is 1. The summed E-state index contributed by atoms with van der Waals surface area (Å²) in [5.41, 5.74) is 1.77. The summed E-state index contributed by atoms with van der Waals surface area (Å²) >= 11 is 0. The Bertz CT molecular complexity index is 559. The molecule has 3 N–H and O–H groups in total. The van der Waals surface area contributed by atoms with Gasteiger partial charge in [0.05, 0.1) is 12.7 Å². The molecular weight excluding hydrogens is 280 g/mol. The Morgan fingerprint density at radius 2 is 2.09 bits per heavy atom. The molecule has 1 aliphatic heterocycles. The van der Waals surface area contributed by atoms with E-state index in [1.54, 1.807) is 0 Å². The zero-order chi connectivity index (χ0) is 15.7. The number of nitrogens with one attached hydrogen (secondary N) is 2. The molecule has 5 heteroatoms. The van der Waals surface area contributed by atoms with E-state index in [4.69, 9.17) is 4.74 Å². The van der Waals surface area contributed by atoms with Crippen molar-refractivity contribution in [3.63, 3.8) is 0 Å². The van der Waals surface area contributed by atoms with Gasteiger partial charge in [0.25, 0.3) is 0 Å². The van der Waals surface area contributed by atoms with Gasteiger partial charge in [0.2, 0.25) is 0 Å². The maximum absolute atomic E-state index is 12.2. The van der Waals surface area contributed by atoms with E-state index in [9.17, 15) is 9.90 Å². The first-order valence-electron chi connectivity index (χ1n) is 7.87. The number of rotatable bonds is 4. The number of aliphatic hydroxyl groups excluding tert-OH is 1. The molecule has 1 aliphatic carbocycles. The van der Waals surface area contributed by atoms with Crippen molar-refractivity contribution in [2.24, 2.45) is 11.3 Å². The summed E-state index contributed by atoms with van der Waals surface area (Å²) in [6.07, 6.45) is 1.29. The largest absolute Gasteiger partial charge is 0.392 e. The van der Waals surface area contributed by atoms with Crippen LogP contribution in [0, 0.1) is 11.3 Å². The molecule has 0 radical (unpaired) electrons. The van der Waals surface area contributed by atoms with Crippen LogP contribution >= 0.6 is 0 Å². The molecule has 0 bridgehead atoms. The SMILES string of the molecule is CC1(C)C(NC(=O)NCc2ccccc2CO)C2CCOC21. The Morgan fingerprint density at radius 1 is 1.36 bits per heavy atom. The van der Waals surface area contributed by atoms with E-state index in [1.807, 2.05) is 24.3 Å². The summed E-state index contributed by atoms with van der Waals surface area (Å²) in [4.78, 5) is 12.2. The highest BCUT2D eigenvalue weighted by molar-refractivity contribution is 5.74. The Morgan fingerprint density at radius 3 is 2.82 bits per heavy atom. The van der Waals surface area contributed by atoms with Crippen molar-refractivity contribution in [3.05, 3.63) is 35.4 Å².